The van der Waals surface area contributed by atoms with Crippen LogP contribution in [0.25, 0.3) is 0 Å². The first-order valence-electron chi connectivity index (χ1n) is 6.60. The van der Waals surface area contributed by atoms with E-state index in [0.29, 0.717) is 0 Å². The molecule has 0 aliphatic heterocycles. The topological polar surface area (TPSA) is 68.0 Å². The van der Waals surface area contributed by atoms with Crippen molar-refractivity contribution in [2.24, 2.45) is 5.73 Å². The molecule has 1 aromatic heterocycles. The molecule has 2 atom stereocenters. The van der Waals surface area contributed by atoms with E-state index in [1.807, 2.05) is 50.2 Å². The van der Waals surface area contributed by atoms with E-state index < -0.39 is 6.04 Å². The number of benzene rings is 1. The highest BCUT2D eigenvalue weighted by Gasteiger charge is 2.18. The van der Waals surface area contributed by atoms with Gasteiger partial charge in [0, 0.05) is 12.4 Å². The molecular weight excluding hydrogens is 250 g/mol. The van der Waals surface area contributed by atoms with Gasteiger partial charge in [-0.1, -0.05) is 29.8 Å². The van der Waals surface area contributed by atoms with Gasteiger partial charge in [0.05, 0.1) is 6.04 Å². The second kappa shape index (κ2) is 6.30. The van der Waals surface area contributed by atoms with Gasteiger partial charge in [0.25, 0.3) is 0 Å². The first-order chi connectivity index (χ1) is 9.58. The van der Waals surface area contributed by atoms with E-state index in [2.05, 4.69) is 10.3 Å². The van der Waals surface area contributed by atoms with Gasteiger partial charge in [0.2, 0.25) is 5.91 Å². The second-order valence-corrected chi connectivity index (χ2v) is 4.90. The minimum Gasteiger partial charge on any atom is -0.348 e. The molecule has 4 nitrogen and oxygen atoms in total. The molecule has 2 aromatic rings. The zero-order valence-electron chi connectivity index (χ0n) is 11.7. The highest BCUT2D eigenvalue weighted by atomic mass is 16.2. The molecule has 20 heavy (non-hydrogen) atoms. The summed E-state index contributed by atoms with van der Waals surface area (Å²) >= 11 is 0. The fourth-order valence-corrected chi connectivity index (χ4v) is 1.96. The molecule has 104 valence electrons. The largest absolute Gasteiger partial charge is 0.348 e. The predicted molar refractivity (Wildman–Crippen MR) is 78.9 cm³/mol. The van der Waals surface area contributed by atoms with Crippen molar-refractivity contribution in [2.75, 3.05) is 0 Å². The maximum absolute atomic E-state index is 12.2. The number of hydrogen-bond donors (Lipinski definition) is 2. The van der Waals surface area contributed by atoms with Gasteiger partial charge in [0.15, 0.2) is 0 Å². The van der Waals surface area contributed by atoms with E-state index in [1.165, 1.54) is 0 Å². The number of pyridine rings is 1. The first-order valence-corrected chi connectivity index (χ1v) is 6.60. The summed E-state index contributed by atoms with van der Waals surface area (Å²) in [4.78, 5) is 16.1. The molecule has 0 aliphatic rings. The van der Waals surface area contributed by atoms with Gasteiger partial charge in [-0.05, 0) is 37.1 Å². The Labute approximate surface area is 119 Å². The third-order valence-electron chi connectivity index (χ3n) is 3.28. The summed E-state index contributed by atoms with van der Waals surface area (Å²) in [5, 5.41) is 2.92. The molecule has 1 heterocycles. The van der Waals surface area contributed by atoms with Crippen LogP contribution in [0.5, 0.6) is 0 Å². The van der Waals surface area contributed by atoms with Crippen molar-refractivity contribution in [3.05, 3.63) is 65.5 Å². The van der Waals surface area contributed by atoms with Crippen LogP contribution in [0.3, 0.4) is 0 Å². The molecule has 1 unspecified atom stereocenters. The van der Waals surface area contributed by atoms with E-state index in [4.69, 9.17) is 5.73 Å². The van der Waals surface area contributed by atoms with Crippen LogP contribution in [0.2, 0.25) is 0 Å². The van der Waals surface area contributed by atoms with Crippen molar-refractivity contribution in [3.63, 3.8) is 0 Å². The molecule has 1 amide bonds. The molecule has 4 heteroatoms. The van der Waals surface area contributed by atoms with Gasteiger partial charge < -0.3 is 11.1 Å². The van der Waals surface area contributed by atoms with E-state index in [9.17, 15) is 4.79 Å². The Balaban J connectivity index is 2.02. The number of carbonyl (C=O) groups is 1. The van der Waals surface area contributed by atoms with Crippen LogP contribution in [0.4, 0.5) is 0 Å². The summed E-state index contributed by atoms with van der Waals surface area (Å²) in [6.07, 6.45) is 3.41. The monoisotopic (exact) mass is 269 g/mol. The van der Waals surface area contributed by atoms with Crippen LogP contribution in [0.15, 0.2) is 48.8 Å². The molecule has 0 spiro atoms. The number of nitrogens with zero attached hydrogens (tertiary/aromatic N) is 1. The summed E-state index contributed by atoms with van der Waals surface area (Å²) in [5.74, 6) is -0.182. The average molecular weight is 269 g/mol. The van der Waals surface area contributed by atoms with Crippen LogP contribution in [0.1, 0.15) is 35.7 Å². The number of aryl methyl sites for hydroxylation is 1. The number of hydrogen-bond acceptors (Lipinski definition) is 3. The zero-order valence-corrected chi connectivity index (χ0v) is 11.7. The van der Waals surface area contributed by atoms with Gasteiger partial charge >= 0.3 is 0 Å². The summed E-state index contributed by atoms with van der Waals surface area (Å²) in [6.45, 7) is 3.93. The first kappa shape index (κ1) is 14.2. The van der Waals surface area contributed by atoms with E-state index >= 15 is 0 Å². The van der Waals surface area contributed by atoms with Gasteiger partial charge in [-0.3, -0.25) is 9.78 Å². The molecule has 0 fully saturated rings. The van der Waals surface area contributed by atoms with E-state index in [0.717, 1.165) is 16.7 Å². The third-order valence-corrected chi connectivity index (χ3v) is 3.28. The molecule has 0 saturated heterocycles. The van der Waals surface area contributed by atoms with Crippen molar-refractivity contribution in [2.45, 2.75) is 25.9 Å². The highest BCUT2D eigenvalue weighted by molar-refractivity contribution is 5.83. The number of aromatic nitrogens is 1. The third kappa shape index (κ3) is 3.42. The van der Waals surface area contributed by atoms with Crippen molar-refractivity contribution < 1.29 is 4.79 Å². The molecule has 1 aromatic carbocycles. The van der Waals surface area contributed by atoms with Crippen LogP contribution in [0, 0.1) is 6.92 Å². The van der Waals surface area contributed by atoms with Crippen LogP contribution in [-0.2, 0) is 4.79 Å². The maximum Gasteiger partial charge on any atom is 0.241 e. The standard InChI is InChI=1S/C16H19N3O/c1-11-3-5-14(6-4-11)15(17)16(20)19-12(2)13-7-9-18-10-8-13/h3-10,12,15H,17H2,1-2H3,(H,19,20)/t12-,15?/m1/s1. The van der Waals surface area contributed by atoms with Gasteiger partial charge in [-0.2, -0.15) is 0 Å². The Kier molecular flexibility index (Phi) is 4.48. The Bertz CT molecular complexity index is 566. The fraction of sp³-hybridized carbons (Fsp3) is 0.250. The van der Waals surface area contributed by atoms with Crippen molar-refractivity contribution in [1.82, 2.24) is 10.3 Å². The summed E-state index contributed by atoms with van der Waals surface area (Å²) in [5.41, 5.74) is 8.95. The molecule has 3 N–H and O–H groups in total. The lowest BCUT2D eigenvalue weighted by molar-refractivity contribution is -0.123. The Morgan fingerprint density at radius 3 is 2.30 bits per heavy atom. The number of rotatable bonds is 4. The van der Waals surface area contributed by atoms with E-state index in [1.54, 1.807) is 12.4 Å². The quantitative estimate of drug-likeness (QED) is 0.894. The van der Waals surface area contributed by atoms with Crippen molar-refractivity contribution in [1.29, 1.82) is 0 Å². The lowest BCUT2D eigenvalue weighted by Crippen LogP contribution is -2.35. The molecule has 0 bridgehead atoms. The SMILES string of the molecule is Cc1ccc(C(N)C(=O)N[C@H](C)c2ccncc2)cc1. The van der Waals surface area contributed by atoms with Crippen molar-refractivity contribution >= 4 is 5.91 Å². The molecular formula is C16H19N3O. The molecule has 0 aliphatic carbocycles. The summed E-state index contributed by atoms with van der Waals surface area (Å²) in [6, 6.07) is 10.7. The lowest BCUT2D eigenvalue weighted by Gasteiger charge is -2.18. The summed E-state index contributed by atoms with van der Waals surface area (Å²) in [7, 11) is 0. The van der Waals surface area contributed by atoms with Gasteiger partial charge in [0.1, 0.15) is 6.04 Å². The zero-order chi connectivity index (χ0) is 14.5. The number of nitrogens with one attached hydrogen (secondary N) is 1. The maximum atomic E-state index is 12.2. The second-order valence-electron chi connectivity index (χ2n) is 4.90. The van der Waals surface area contributed by atoms with Crippen LogP contribution in [-0.4, -0.2) is 10.9 Å². The number of carbonyl (C=O) groups excluding carboxylic acids is 1. The predicted octanol–water partition coefficient (Wildman–Crippen LogP) is 2.27. The highest BCUT2D eigenvalue weighted by Crippen LogP contribution is 2.15. The smallest absolute Gasteiger partial charge is 0.241 e. The van der Waals surface area contributed by atoms with Crippen molar-refractivity contribution in [3.8, 4) is 0 Å². The number of nitrogens with two attached hydrogens (primary N) is 1. The lowest BCUT2D eigenvalue weighted by atomic mass is 10.0. The van der Waals surface area contributed by atoms with Gasteiger partial charge in [-0.25, -0.2) is 0 Å². The molecule has 2 rings (SSSR count). The Morgan fingerprint density at radius 2 is 1.70 bits per heavy atom. The van der Waals surface area contributed by atoms with E-state index in [-0.39, 0.29) is 11.9 Å². The number of amides is 1. The fourth-order valence-electron chi connectivity index (χ4n) is 1.96. The summed E-state index contributed by atoms with van der Waals surface area (Å²) < 4.78 is 0. The van der Waals surface area contributed by atoms with Crippen LogP contribution < -0.4 is 11.1 Å². The Hall–Kier alpha value is -2.20. The molecule has 0 saturated carbocycles. The average Bonchev–Trinajstić information content (AvgIpc) is 2.48. The van der Waals surface area contributed by atoms with Gasteiger partial charge in [-0.15, -0.1) is 0 Å². The Morgan fingerprint density at radius 1 is 1.10 bits per heavy atom. The normalized spacial score (nSPS) is 13.6. The minimum absolute atomic E-state index is 0.0954. The minimum atomic E-state index is -0.653. The van der Waals surface area contributed by atoms with Crippen LogP contribution >= 0.6 is 0 Å². The molecule has 0 radical (unpaired) electrons.